The third kappa shape index (κ3) is 29.0. The second kappa shape index (κ2) is 47.2. The van der Waals surface area contributed by atoms with Gasteiger partial charge in [-0.15, -0.1) is 28.3 Å². The summed E-state index contributed by atoms with van der Waals surface area (Å²) in [4.78, 5) is 237. The van der Waals surface area contributed by atoms with Crippen LogP contribution in [0.2, 0.25) is 0 Å². The lowest BCUT2D eigenvalue weighted by molar-refractivity contribution is -0.377. The minimum Gasteiger partial charge on any atom is -0.463 e. The molecule has 5 saturated heterocycles. The predicted molar refractivity (Wildman–Crippen MR) is 410 cm³/mol. The lowest BCUT2D eigenvalue weighted by atomic mass is 9.84. The van der Waals surface area contributed by atoms with Crippen LogP contribution < -0.4 is 0 Å². The highest BCUT2D eigenvalue weighted by Crippen LogP contribution is 2.45. The fourth-order valence-electron chi connectivity index (χ4n) is 15.0. The number of amides is 1. The number of hydrogen-bond acceptors (Lipinski definition) is 46. The summed E-state index contributed by atoms with van der Waals surface area (Å²) in [7, 11) is 0. The van der Waals surface area contributed by atoms with Gasteiger partial charge in [-0.1, -0.05) is 11.3 Å². The molecule has 1 amide bonds. The van der Waals surface area contributed by atoms with Crippen molar-refractivity contribution in [2.75, 3.05) is 38.9 Å². The van der Waals surface area contributed by atoms with E-state index in [1.54, 1.807) is 0 Å². The van der Waals surface area contributed by atoms with Gasteiger partial charge in [0.2, 0.25) is 18.0 Å². The van der Waals surface area contributed by atoms with Crippen LogP contribution in [-0.2, 0) is 222 Å². The maximum atomic E-state index is 14.6. The molecular formula is C78H104Cl2N4O44. The highest BCUT2D eigenvalue weighted by Gasteiger charge is 2.66. The first kappa shape index (κ1) is 105. The Morgan fingerprint density at radius 2 is 0.805 bits per heavy atom. The van der Waals surface area contributed by atoms with Crippen LogP contribution in [0.25, 0.3) is 0 Å². The Labute approximate surface area is 740 Å². The van der Waals surface area contributed by atoms with Gasteiger partial charge in [-0.05, 0) is 19.8 Å². The number of alkyl halides is 2. The number of aryl methyl sites for hydroxylation is 1. The summed E-state index contributed by atoms with van der Waals surface area (Å²) in [5.74, 6) is -21.3. The molecule has 6 aliphatic rings. The van der Waals surface area contributed by atoms with Gasteiger partial charge in [-0.25, -0.2) is 4.68 Å². The average molecular weight is 1870 g/mol. The van der Waals surface area contributed by atoms with E-state index in [0.717, 1.165) is 130 Å². The molecule has 5 fully saturated rings. The van der Waals surface area contributed by atoms with Crippen LogP contribution >= 0.6 is 23.2 Å². The third-order valence-corrected chi connectivity index (χ3v) is 20.2. The number of ether oxygens (including phenoxy) is 26. The van der Waals surface area contributed by atoms with Crippen molar-refractivity contribution in [3.8, 4) is 0 Å². The van der Waals surface area contributed by atoms with Crippen molar-refractivity contribution in [1.29, 1.82) is 0 Å². The summed E-state index contributed by atoms with van der Waals surface area (Å²) in [6.45, 7) is 15.1. The fraction of sp³-hybridized carbons (Fsp3) is 0.718. The van der Waals surface area contributed by atoms with Crippen LogP contribution in [0.15, 0.2) is 17.8 Å². The van der Waals surface area contributed by atoms with Crippen LogP contribution in [0.4, 0.5) is 0 Å². The van der Waals surface area contributed by atoms with Crippen LogP contribution in [0, 0.1) is 0 Å². The Kier molecular flexibility index (Phi) is 38.6. The van der Waals surface area contributed by atoms with E-state index in [0.29, 0.717) is 0 Å². The molecule has 0 N–H and O–H groups in total. The van der Waals surface area contributed by atoms with Crippen molar-refractivity contribution in [2.45, 2.75) is 321 Å². The number of rotatable bonds is 37. The van der Waals surface area contributed by atoms with E-state index in [1.165, 1.54) is 23.9 Å². The SMILES string of the molecule is CC(=O)OCC1=C[C@H](N(C(C)=O)[C@@H]2C(C)O[C@H](O[C@@H]3C(COC(C)=O)O[C@H](O[C@@H]4C(COC(C)=O)O[C@@H](OCCCc5cn(C[C@H]6O[C@@](CCl)(O[C@H]7O[C@H](COC(C)=O)[C@H](Cl)[C@H](OC(C)=O)[C@H]7OC(C)=O)[C@@H](OC(C)=O)[C@@H]6OC(C)=O)nn5)[C@@H](OC(C)=O)C4OC(C)=O)C(OC(C)=O)C3OC(C)=O)C(OC(C)=O)C2OC(C)=O)[C@H](OC(C)=O)[C@@H](OC(C)=O)[C@@H]1OC(C)=O. The molecule has 0 radical (unpaired) electrons. The van der Waals surface area contributed by atoms with Crippen LogP contribution in [0.5, 0.6) is 0 Å². The maximum absolute atomic E-state index is 14.6. The third-order valence-electron chi connectivity index (χ3n) is 19.3. The van der Waals surface area contributed by atoms with Gasteiger partial charge in [0.05, 0.1) is 42.9 Å². The van der Waals surface area contributed by atoms with Crippen LogP contribution in [0.1, 0.15) is 144 Å². The topological polar surface area (TPSA) is 581 Å². The fourth-order valence-corrected chi connectivity index (χ4v) is 15.6. The van der Waals surface area contributed by atoms with Gasteiger partial charge in [0, 0.05) is 136 Å². The molecule has 0 aromatic carbocycles. The van der Waals surface area contributed by atoms with E-state index >= 15 is 0 Å². The summed E-state index contributed by atoms with van der Waals surface area (Å²) in [6, 6.07) is -3.48. The molecule has 6 heterocycles. The van der Waals surface area contributed by atoms with Gasteiger partial charge in [-0.2, -0.15) is 0 Å². The van der Waals surface area contributed by atoms with Crippen LogP contribution in [0.3, 0.4) is 0 Å². The quantitative estimate of drug-likeness (QED) is 0.0273. The van der Waals surface area contributed by atoms with Crippen molar-refractivity contribution in [3.63, 3.8) is 0 Å². The molecule has 7 rings (SSSR count). The number of hydrogen-bond donors (Lipinski definition) is 0. The molecule has 128 heavy (non-hydrogen) atoms. The van der Waals surface area contributed by atoms with Crippen molar-refractivity contribution < 1.29 is 209 Å². The largest absolute Gasteiger partial charge is 0.463 e. The molecule has 48 nitrogen and oxygen atoms in total. The molecule has 50 heteroatoms. The van der Waals surface area contributed by atoms with Gasteiger partial charge in [0.1, 0.15) is 68.4 Å². The summed E-state index contributed by atoms with van der Waals surface area (Å²) in [5.41, 5.74) is 0.0874. The molecule has 8 unspecified atom stereocenters. The van der Waals surface area contributed by atoms with E-state index in [-0.39, 0.29) is 30.7 Å². The molecule has 1 aliphatic carbocycles. The zero-order valence-corrected chi connectivity index (χ0v) is 74.6. The normalized spacial score (nSPS) is 31.8. The van der Waals surface area contributed by atoms with Crippen molar-refractivity contribution in [3.05, 3.63) is 23.5 Å². The molecular weight excluding hydrogens is 1770 g/mol. The summed E-state index contributed by atoms with van der Waals surface area (Å²) < 4.78 is 156. The van der Waals surface area contributed by atoms with Gasteiger partial charge < -0.3 is 128 Å². The second-order valence-electron chi connectivity index (χ2n) is 29.8. The number of esters is 17. The standard InChI is InChI=1S/C78H104Cl2N4O44/c1-31-58(84(32(2)85)52-23-50(26-104-33(3)86)59(109-37(7)90)66(114-42(12)95)60(52)110-38(8)91)65(113-41(11)94)70(118-46(16)99)75(108-31)125-62-56(29-107-36(6)89)124-76(72(120-48(18)101)68(62)116-44(14)97)126-61-55(28-106-35(5)88)123-74(71(119-47(17)100)67(61)115-43(13)96)103-22-20-21-51-24-83(82-81-51)25-53-63(111-39(9)92)73(121-49(19)102)78(30-79,127-53)128-77-69(117-45(15)98)64(112-40(10)93)57(80)54(122-77)27-105-34(4)87/h23-24,31,52-77H,20-22,25-30H2,1-19H3/t31?,52-,53+,54+,55?,56?,57-,58+,59+,60-,61+,62+,63+,64-,65?,66-,67?,68?,69+,70?,71-,72?,73-,74+,75+,76+,77+,78-/m0/s1. The predicted octanol–water partition coefficient (Wildman–Crippen LogP) is -0.235. The van der Waals surface area contributed by atoms with E-state index in [1.807, 2.05) is 0 Å². The molecule has 0 saturated carbocycles. The Balaban J connectivity index is 1.22. The Morgan fingerprint density at radius 1 is 0.414 bits per heavy atom. The molecule has 28 atom stereocenters. The number of carbonyl (C=O) groups excluding carboxylic acids is 18. The van der Waals surface area contributed by atoms with Crippen molar-refractivity contribution in [1.82, 2.24) is 19.9 Å². The Morgan fingerprint density at radius 3 is 1.27 bits per heavy atom. The summed E-state index contributed by atoms with van der Waals surface area (Å²) in [6.07, 6.45) is -41.8. The van der Waals surface area contributed by atoms with Gasteiger partial charge in [0.25, 0.3) is 0 Å². The molecule has 5 aliphatic heterocycles. The van der Waals surface area contributed by atoms with E-state index in [4.69, 9.17) is 146 Å². The minimum atomic E-state index is -2.41. The first-order valence-corrected chi connectivity index (χ1v) is 40.7. The number of nitrogens with zero attached hydrogens (tertiary/aromatic N) is 4. The van der Waals surface area contributed by atoms with Gasteiger partial charge >= 0.3 is 101 Å². The van der Waals surface area contributed by atoms with Crippen LogP contribution in [-0.4, -0.2) is 337 Å². The lowest BCUT2D eigenvalue weighted by Crippen LogP contribution is -2.71. The summed E-state index contributed by atoms with van der Waals surface area (Å²) in [5, 5.41) is 7.08. The number of aromatic nitrogens is 3. The Hall–Kier alpha value is -10.4. The number of carbonyl (C=O) groups is 18. The van der Waals surface area contributed by atoms with Crippen molar-refractivity contribution in [2.24, 2.45) is 0 Å². The molecule has 714 valence electrons. The minimum absolute atomic E-state index is 0.0100. The molecule has 0 spiro atoms. The lowest BCUT2D eigenvalue weighted by Gasteiger charge is -2.53. The van der Waals surface area contributed by atoms with Crippen molar-refractivity contribution >= 4 is 131 Å². The number of halogens is 2. The monoisotopic (exact) mass is 1870 g/mol. The maximum Gasteiger partial charge on any atom is 0.303 e. The second-order valence-corrected chi connectivity index (χ2v) is 30.6. The molecule has 1 aromatic rings. The smallest absolute Gasteiger partial charge is 0.303 e. The molecule has 0 bridgehead atoms. The summed E-state index contributed by atoms with van der Waals surface area (Å²) >= 11 is 13.4. The van der Waals surface area contributed by atoms with Gasteiger partial charge in [0.15, 0.2) is 98.2 Å². The zero-order valence-electron chi connectivity index (χ0n) is 73.1. The first-order chi connectivity index (χ1) is 60.0. The zero-order chi connectivity index (χ0) is 95.4. The van der Waals surface area contributed by atoms with Gasteiger partial charge in [-0.3, -0.25) is 86.3 Å². The highest BCUT2D eigenvalue weighted by molar-refractivity contribution is 6.21. The Bertz CT molecular complexity index is 4240. The highest BCUT2D eigenvalue weighted by atomic mass is 35.5. The first-order valence-electron chi connectivity index (χ1n) is 39.8. The van der Waals surface area contributed by atoms with E-state index in [2.05, 4.69) is 10.3 Å². The molecule has 1 aromatic heterocycles. The van der Waals surface area contributed by atoms with E-state index in [9.17, 15) is 86.3 Å². The average Bonchev–Trinajstić information content (AvgIpc) is 1.09. The van der Waals surface area contributed by atoms with E-state index < -0.39 is 317 Å².